The van der Waals surface area contributed by atoms with E-state index in [-0.39, 0.29) is 29.8 Å². The van der Waals surface area contributed by atoms with Crippen LogP contribution in [0.15, 0.2) is 42.5 Å². The second-order valence-corrected chi connectivity index (χ2v) is 8.87. The summed E-state index contributed by atoms with van der Waals surface area (Å²) in [7, 11) is 0. The number of nitrogens with two attached hydrogens (primary N) is 1. The molecule has 1 saturated carbocycles. The van der Waals surface area contributed by atoms with E-state index in [9.17, 15) is 9.18 Å². The highest BCUT2D eigenvalue weighted by Gasteiger charge is 2.51. The summed E-state index contributed by atoms with van der Waals surface area (Å²) in [4.78, 5) is 14.7. The minimum atomic E-state index is -0.609. The third-order valence-corrected chi connectivity index (χ3v) is 6.32. The van der Waals surface area contributed by atoms with Crippen molar-refractivity contribution in [3.8, 4) is 6.07 Å². The summed E-state index contributed by atoms with van der Waals surface area (Å²) in [5.41, 5.74) is 7.25. The number of carbonyl (C=O) groups excluding carboxylic acids is 1. The largest absolute Gasteiger partial charge is 0.441 e. The van der Waals surface area contributed by atoms with E-state index < -0.39 is 11.4 Å². The van der Waals surface area contributed by atoms with E-state index >= 15 is 0 Å². The predicted octanol–water partition coefficient (Wildman–Crippen LogP) is 4.97. The zero-order chi connectivity index (χ0) is 22.2. The van der Waals surface area contributed by atoms with Crippen molar-refractivity contribution in [1.29, 1.82) is 5.26 Å². The van der Waals surface area contributed by atoms with Gasteiger partial charge in [0.15, 0.2) is 0 Å². The number of nitrogen functional groups attached to an aromatic ring is 1. The molecule has 3 N–H and O–H groups in total. The van der Waals surface area contributed by atoms with Crippen molar-refractivity contribution in [3.63, 3.8) is 0 Å². The SMILES string of the molecule is CC1(C)OC(=O)N(C2CCC(Nc3cc(F)c(C#N)cc3N)CC2)C1c1ccccc1. The number of halogens is 1. The van der Waals surface area contributed by atoms with Crippen molar-refractivity contribution in [1.82, 2.24) is 4.90 Å². The molecule has 2 aliphatic rings. The summed E-state index contributed by atoms with van der Waals surface area (Å²) in [6.45, 7) is 3.91. The fourth-order valence-electron chi connectivity index (χ4n) is 4.85. The van der Waals surface area contributed by atoms with Crippen LogP contribution < -0.4 is 11.1 Å². The lowest BCUT2D eigenvalue weighted by Crippen LogP contribution is -2.44. The molecule has 0 spiro atoms. The van der Waals surface area contributed by atoms with Gasteiger partial charge in [0, 0.05) is 18.2 Å². The number of hydrogen-bond donors (Lipinski definition) is 2. The average Bonchev–Trinajstić information content (AvgIpc) is 2.99. The normalized spacial score (nSPS) is 25.0. The van der Waals surface area contributed by atoms with Gasteiger partial charge in [0.1, 0.15) is 17.5 Å². The smallest absolute Gasteiger partial charge is 0.411 e. The second-order valence-electron chi connectivity index (χ2n) is 8.87. The Kier molecular flexibility index (Phi) is 5.48. The molecule has 1 atom stereocenters. The molecule has 2 aromatic carbocycles. The van der Waals surface area contributed by atoms with Crippen LogP contribution in [-0.2, 0) is 4.74 Å². The van der Waals surface area contributed by atoms with Crippen LogP contribution in [0.5, 0.6) is 0 Å². The first-order chi connectivity index (χ1) is 14.8. The van der Waals surface area contributed by atoms with Crippen molar-refractivity contribution in [3.05, 3.63) is 59.4 Å². The number of amides is 1. The summed E-state index contributed by atoms with van der Waals surface area (Å²) in [6.07, 6.45) is 2.98. The molecule has 0 aromatic heterocycles. The van der Waals surface area contributed by atoms with E-state index in [1.54, 1.807) is 6.07 Å². The molecule has 1 unspecified atom stereocenters. The van der Waals surface area contributed by atoms with E-state index in [0.717, 1.165) is 31.2 Å². The molecule has 1 saturated heterocycles. The number of rotatable bonds is 4. The van der Waals surface area contributed by atoms with Crippen molar-refractivity contribution in [2.45, 2.75) is 63.3 Å². The van der Waals surface area contributed by atoms with Gasteiger partial charge in [-0.3, -0.25) is 4.90 Å². The Hall–Kier alpha value is -3.27. The summed E-state index contributed by atoms with van der Waals surface area (Å²) >= 11 is 0. The minimum Gasteiger partial charge on any atom is -0.441 e. The Balaban J connectivity index is 1.46. The van der Waals surface area contributed by atoms with E-state index in [2.05, 4.69) is 5.32 Å². The first-order valence-corrected chi connectivity index (χ1v) is 10.6. The molecule has 162 valence electrons. The van der Waals surface area contributed by atoms with Crippen LogP contribution >= 0.6 is 0 Å². The molecule has 2 aromatic rings. The van der Waals surface area contributed by atoms with Crippen LogP contribution in [0, 0.1) is 17.1 Å². The standard InChI is InChI=1S/C24H27FN4O2/c1-24(2)22(15-6-4-3-5-7-15)29(23(30)31-24)18-10-8-17(9-11-18)28-21-13-19(25)16(14-26)12-20(21)27/h3-7,12-13,17-18,22,28H,8-11,27H2,1-2H3. The average molecular weight is 423 g/mol. The zero-order valence-corrected chi connectivity index (χ0v) is 17.8. The number of nitrogens with one attached hydrogen (secondary N) is 1. The Bertz CT molecular complexity index is 1010. The lowest BCUT2D eigenvalue weighted by atomic mass is 9.86. The molecular weight excluding hydrogens is 395 g/mol. The van der Waals surface area contributed by atoms with Gasteiger partial charge in [0.25, 0.3) is 0 Å². The zero-order valence-electron chi connectivity index (χ0n) is 17.8. The number of ether oxygens (including phenoxy) is 1. The van der Waals surface area contributed by atoms with Gasteiger partial charge in [-0.25, -0.2) is 9.18 Å². The second kappa shape index (κ2) is 8.10. The van der Waals surface area contributed by atoms with E-state index in [0.29, 0.717) is 11.4 Å². The molecule has 1 heterocycles. The van der Waals surface area contributed by atoms with Crippen molar-refractivity contribution in [2.24, 2.45) is 0 Å². The van der Waals surface area contributed by atoms with E-state index in [1.165, 1.54) is 12.1 Å². The van der Waals surface area contributed by atoms with E-state index in [4.69, 9.17) is 15.7 Å². The summed E-state index contributed by atoms with van der Waals surface area (Å²) in [5.74, 6) is -0.583. The number of hydrogen-bond acceptors (Lipinski definition) is 5. The topological polar surface area (TPSA) is 91.4 Å². The first-order valence-electron chi connectivity index (χ1n) is 10.6. The molecule has 2 fully saturated rings. The fourth-order valence-corrected chi connectivity index (χ4v) is 4.85. The molecule has 4 rings (SSSR count). The maximum Gasteiger partial charge on any atom is 0.411 e. The summed E-state index contributed by atoms with van der Waals surface area (Å²) < 4.78 is 19.7. The highest BCUT2D eigenvalue weighted by molar-refractivity contribution is 5.72. The van der Waals surface area contributed by atoms with Gasteiger partial charge < -0.3 is 15.8 Å². The number of benzene rings is 2. The van der Waals surface area contributed by atoms with Crippen LogP contribution in [-0.4, -0.2) is 28.7 Å². The highest BCUT2D eigenvalue weighted by Crippen LogP contribution is 2.44. The predicted molar refractivity (Wildman–Crippen MR) is 117 cm³/mol. The van der Waals surface area contributed by atoms with Gasteiger partial charge in [-0.15, -0.1) is 0 Å². The molecule has 1 aliphatic heterocycles. The lowest BCUT2D eigenvalue weighted by molar-refractivity contribution is 0.0664. The maximum absolute atomic E-state index is 14.0. The number of nitrogens with zero attached hydrogens (tertiary/aromatic N) is 2. The quantitative estimate of drug-likeness (QED) is 0.679. The van der Waals surface area contributed by atoms with Gasteiger partial charge in [-0.05, 0) is 51.2 Å². The number of cyclic esters (lactones) is 1. The van der Waals surface area contributed by atoms with Gasteiger partial charge in [0.2, 0.25) is 0 Å². The van der Waals surface area contributed by atoms with Gasteiger partial charge in [-0.2, -0.15) is 5.26 Å². The van der Waals surface area contributed by atoms with Gasteiger partial charge in [0.05, 0.1) is 23.0 Å². The Labute approximate surface area is 181 Å². The molecule has 1 amide bonds. The van der Waals surface area contributed by atoms with Crippen LogP contribution in [0.4, 0.5) is 20.6 Å². The van der Waals surface area contributed by atoms with Crippen LogP contribution in [0.3, 0.4) is 0 Å². The Morgan fingerprint density at radius 2 is 1.87 bits per heavy atom. The van der Waals surface area contributed by atoms with Crippen LogP contribution in [0.1, 0.15) is 56.7 Å². The maximum atomic E-state index is 14.0. The molecule has 31 heavy (non-hydrogen) atoms. The third-order valence-electron chi connectivity index (χ3n) is 6.32. The summed E-state index contributed by atoms with van der Waals surface area (Å²) in [6, 6.07) is 14.5. The van der Waals surface area contributed by atoms with Gasteiger partial charge in [-0.1, -0.05) is 30.3 Å². The minimum absolute atomic E-state index is 0.0612. The van der Waals surface area contributed by atoms with Crippen molar-refractivity contribution >= 4 is 17.5 Å². The fraction of sp³-hybridized carbons (Fsp3) is 0.417. The van der Waals surface area contributed by atoms with Crippen LogP contribution in [0.25, 0.3) is 0 Å². The number of anilines is 2. The van der Waals surface area contributed by atoms with Crippen LogP contribution in [0.2, 0.25) is 0 Å². The van der Waals surface area contributed by atoms with Crippen molar-refractivity contribution in [2.75, 3.05) is 11.1 Å². The molecule has 0 radical (unpaired) electrons. The number of carbonyl (C=O) groups is 1. The molecular formula is C24H27FN4O2. The van der Waals surface area contributed by atoms with Gasteiger partial charge >= 0.3 is 6.09 Å². The lowest BCUT2D eigenvalue weighted by Gasteiger charge is -2.38. The first kappa shape index (κ1) is 21.0. The molecule has 1 aliphatic carbocycles. The molecule has 7 heteroatoms. The third kappa shape index (κ3) is 4.02. The Morgan fingerprint density at radius 3 is 2.52 bits per heavy atom. The molecule has 0 bridgehead atoms. The monoisotopic (exact) mass is 422 g/mol. The molecule has 6 nitrogen and oxygen atoms in total. The van der Waals surface area contributed by atoms with E-state index in [1.807, 2.05) is 49.1 Å². The summed E-state index contributed by atoms with van der Waals surface area (Å²) in [5, 5.41) is 12.3. The Morgan fingerprint density at radius 1 is 1.19 bits per heavy atom. The van der Waals surface area contributed by atoms with Crippen molar-refractivity contribution < 1.29 is 13.9 Å². The number of nitriles is 1. The highest BCUT2D eigenvalue weighted by atomic mass is 19.1.